The Labute approximate surface area is 153 Å². The molecule has 0 bridgehead atoms. The number of thioether (sulfide) groups is 1. The highest BCUT2D eigenvalue weighted by molar-refractivity contribution is 8.13. The van der Waals surface area contributed by atoms with E-state index < -0.39 is 0 Å². The summed E-state index contributed by atoms with van der Waals surface area (Å²) in [5, 5.41) is 11.9. The maximum atomic E-state index is 12.0. The average molecular weight is 365 g/mol. The van der Waals surface area contributed by atoms with Crippen LogP contribution >= 0.6 is 11.8 Å². The van der Waals surface area contributed by atoms with E-state index in [-0.39, 0.29) is 17.9 Å². The van der Waals surface area contributed by atoms with Crippen LogP contribution in [0.5, 0.6) is 0 Å². The molecule has 0 fully saturated rings. The predicted octanol–water partition coefficient (Wildman–Crippen LogP) is 3.43. The molecule has 2 amide bonds. The van der Waals surface area contributed by atoms with Gasteiger partial charge >= 0.3 is 0 Å². The van der Waals surface area contributed by atoms with Gasteiger partial charge in [-0.25, -0.2) is 5.48 Å². The first kappa shape index (κ1) is 21.2. The molecule has 6 nitrogen and oxygen atoms in total. The topological polar surface area (TPSA) is 90.8 Å². The molecular formula is C18H27N3O3S. The lowest BCUT2D eigenvalue weighted by Crippen LogP contribution is -2.28. The summed E-state index contributed by atoms with van der Waals surface area (Å²) >= 11 is 1.42. The van der Waals surface area contributed by atoms with Crippen LogP contribution in [0.2, 0.25) is 0 Å². The van der Waals surface area contributed by atoms with Crippen molar-refractivity contribution in [3.8, 4) is 0 Å². The molecule has 25 heavy (non-hydrogen) atoms. The van der Waals surface area contributed by atoms with Crippen LogP contribution in [-0.2, 0) is 9.59 Å². The van der Waals surface area contributed by atoms with Crippen molar-refractivity contribution in [3.63, 3.8) is 0 Å². The van der Waals surface area contributed by atoms with E-state index in [2.05, 4.69) is 10.3 Å². The quantitative estimate of drug-likeness (QED) is 0.206. The minimum atomic E-state index is -0.369. The Bertz CT molecular complexity index is 564. The Morgan fingerprint density at radius 3 is 2.24 bits per heavy atom. The Hall–Kier alpha value is -1.86. The summed E-state index contributed by atoms with van der Waals surface area (Å²) < 4.78 is 0. The summed E-state index contributed by atoms with van der Waals surface area (Å²) in [6, 6.07) is 9.94. The molecule has 138 valence electrons. The van der Waals surface area contributed by atoms with Crippen LogP contribution in [0.25, 0.3) is 0 Å². The van der Waals surface area contributed by atoms with Crippen LogP contribution < -0.4 is 10.8 Å². The molecule has 0 saturated heterocycles. The van der Waals surface area contributed by atoms with Crippen molar-refractivity contribution >= 4 is 28.7 Å². The summed E-state index contributed by atoms with van der Waals surface area (Å²) in [5.74, 6) is -0.410. The van der Waals surface area contributed by atoms with Crippen molar-refractivity contribution in [2.45, 2.75) is 51.5 Å². The van der Waals surface area contributed by atoms with Crippen LogP contribution in [0.1, 0.15) is 57.1 Å². The lowest BCUT2D eigenvalue weighted by atomic mass is 10.1. The fraction of sp³-hybridized carbons (Fsp3) is 0.500. The van der Waals surface area contributed by atoms with Crippen LogP contribution in [0.3, 0.4) is 0 Å². The first-order valence-corrected chi connectivity index (χ1v) is 9.68. The number of hydroxylamine groups is 1. The number of amides is 2. The molecule has 1 aromatic carbocycles. The molecule has 1 atom stereocenters. The van der Waals surface area contributed by atoms with Crippen molar-refractivity contribution in [1.82, 2.24) is 10.8 Å². The first-order chi connectivity index (χ1) is 12.1. The number of carbonyl (C=O) groups excluding carboxylic acids is 2. The van der Waals surface area contributed by atoms with Gasteiger partial charge < -0.3 is 5.32 Å². The standard InChI is InChI=1S/C18H27N3O3S/c1-14(15-10-6-5-7-11-15)19-18(25-2)20-16(22)12-8-3-4-9-13-17(23)21-24/h5-7,10-11,14,24H,3-4,8-9,12-13H2,1-2H3,(H,21,23)(H,19,20,22). The molecule has 0 saturated carbocycles. The van der Waals surface area contributed by atoms with E-state index in [1.54, 1.807) is 5.48 Å². The third-order valence-corrected chi connectivity index (χ3v) is 4.31. The predicted molar refractivity (Wildman–Crippen MR) is 102 cm³/mol. The Balaban J connectivity index is 2.31. The van der Waals surface area contributed by atoms with E-state index in [0.29, 0.717) is 24.4 Å². The summed E-state index contributed by atoms with van der Waals surface area (Å²) in [5.41, 5.74) is 2.72. The molecule has 3 N–H and O–H groups in total. The van der Waals surface area contributed by atoms with Gasteiger partial charge in [0.1, 0.15) is 0 Å². The minimum Gasteiger partial charge on any atom is -0.305 e. The van der Waals surface area contributed by atoms with Crippen LogP contribution in [0.15, 0.2) is 35.3 Å². The lowest BCUT2D eigenvalue weighted by Gasteiger charge is -2.11. The highest BCUT2D eigenvalue weighted by Gasteiger charge is 2.09. The Morgan fingerprint density at radius 2 is 1.68 bits per heavy atom. The summed E-state index contributed by atoms with van der Waals surface area (Å²) in [4.78, 5) is 27.4. The van der Waals surface area contributed by atoms with Crippen molar-refractivity contribution in [2.75, 3.05) is 6.26 Å². The van der Waals surface area contributed by atoms with Gasteiger partial charge in [-0.3, -0.25) is 19.8 Å². The number of unbranched alkanes of at least 4 members (excludes halogenated alkanes) is 3. The van der Waals surface area contributed by atoms with Crippen LogP contribution in [0.4, 0.5) is 0 Å². The number of amidine groups is 1. The molecule has 0 aromatic heterocycles. The Morgan fingerprint density at radius 1 is 1.08 bits per heavy atom. The third-order valence-electron chi connectivity index (χ3n) is 3.71. The SMILES string of the molecule is CSC(=NC(C)c1ccccc1)NC(=O)CCCCCCC(=O)NO. The van der Waals surface area contributed by atoms with Gasteiger partial charge in [-0.1, -0.05) is 54.9 Å². The van der Waals surface area contributed by atoms with Gasteiger partial charge in [0.15, 0.2) is 5.17 Å². The number of carbonyl (C=O) groups is 2. The van der Waals surface area contributed by atoms with Gasteiger partial charge in [0.05, 0.1) is 6.04 Å². The third kappa shape index (κ3) is 9.26. The van der Waals surface area contributed by atoms with E-state index in [4.69, 9.17) is 5.21 Å². The largest absolute Gasteiger partial charge is 0.305 e. The monoisotopic (exact) mass is 365 g/mol. The first-order valence-electron chi connectivity index (χ1n) is 8.46. The van der Waals surface area contributed by atoms with Crippen molar-refractivity contribution in [1.29, 1.82) is 0 Å². The second-order valence-corrected chi connectivity index (χ2v) is 6.52. The molecule has 0 aliphatic carbocycles. The number of rotatable bonds is 9. The number of hydrogen-bond acceptors (Lipinski definition) is 5. The molecule has 1 aromatic rings. The zero-order chi connectivity index (χ0) is 18.5. The van der Waals surface area contributed by atoms with Crippen LogP contribution in [0, 0.1) is 0 Å². The van der Waals surface area contributed by atoms with Crippen molar-refractivity contribution in [2.24, 2.45) is 4.99 Å². The molecule has 0 radical (unpaired) electrons. The van der Waals surface area contributed by atoms with E-state index in [9.17, 15) is 9.59 Å². The van der Waals surface area contributed by atoms with Gasteiger partial charge in [0.2, 0.25) is 11.8 Å². The van der Waals surface area contributed by atoms with E-state index >= 15 is 0 Å². The summed E-state index contributed by atoms with van der Waals surface area (Å²) in [7, 11) is 0. The van der Waals surface area contributed by atoms with Crippen molar-refractivity contribution in [3.05, 3.63) is 35.9 Å². The van der Waals surface area contributed by atoms with Gasteiger partial charge in [-0.2, -0.15) is 0 Å². The van der Waals surface area contributed by atoms with Gasteiger partial charge in [-0.15, -0.1) is 0 Å². The number of nitrogens with zero attached hydrogens (tertiary/aromatic N) is 1. The minimum absolute atomic E-state index is 0.0124. The fourth-order valence-corrected chi connectivity index (χ4v) is 2.76. The number of benzene rings is 1. The summed E-state index contributed by atoms with van der Waals surface area (Å²) in [6.07, 6.45) is 5.84. The van der Waals surface area contributed by atoms with Gasteiger partial charge in [-0.05, 0) is 31.6 Å². The zero-order valence-electron chi connectivity index (χ0n) is 14.8. The molecule has 0 spiro atoms. The molecule has 0 aliphatic rings. The maximum Gasteiger partial charge on any atom is 0.243 e. The Kier molecular flexibility index (Phi) is 10.6. The average Bonchev–Trinajstić information content (AvgIpc) is 2.64. The van der Waals surface area contributed by atoms with Gasteiger partial charge in [0, 0.05) is 12.8 Å². The zero-order valence-corrected chi connectivity index (χ0v) is 15.6. The molecule has 0 aliphatic heterocycles. The molecule has 7 heteroatoms. The van der Waals surface area contributed by atoms with E-state index in [0.717, 1.165) is 24.8 Å². The number of nitrogens with one attached hydrogen (secondary N) is 2. The van der Waals surface area contributed by atoms with Crippen molar-refractivity contribution < 1.29 is 14.8 Å². The second kappa shape index (κ2) is 12.5. The van der Waals surface area contributed by atoms with Crippen LogP contribution in [-0.4, -0.2) is 28.4 Å². The van der Waals surface area contributed by atoms with E-state index in [1.165, 1.54) is 11.8 Å². The molecule has 0 heterocycles. The summed E-state index contributed by atoms with van der Waals surface area (Å²) in [6.45, 7) is 2.00. The lowest BCUT2D eigenvalue weighted by molar-refractivity contribution is -0.129. The molecular weight excluding hydrogens is 338 g/mol. The molecule has 1 rings (SSSR count). The van der Waals surface area contributed by atoms with Gasteiger partial charge in [0.25, 0.3) is 0 Å². The highest BCUT2D eigenvalue weighted by atomic mass is 32.2. The maximum absolute atomic E-state index is 12.0. The fourth-order valence-electron chi connectivity index (χ4n) is 2.28. The second-order valence-electron chi connectivity index (χ2n) is 5.72. The normalized spacial score (nSPS) is 12.5. The number of hydrogen-bond donors (Lipinski definition) is 3. The highest BCUT2D eigenvalue weighted by Crippen LogP contribution is 2.17. The molecule has 1 unspecified atom stereocenters. The smallest absolute Gasteiger partial charge is 0.243 e. The number of aliphatic imine (C=N–C) groups is 1. The van der Waals surface area contributed by atoms with E-state index in [1.807, 2.05) is 43.5 Å².